The number of benzene rings is 1. The molecule has 104 valence electrons. The van der Waals surface area contributed by atoms with Gasteiger partial charge in [-0.1, -0.05) is 18.2 Å². The lowest BCUT2D eigenvalue weighted by Crippen LogP contribution is -2.42. The van der Waals surface area contributed by atoms with E-state index in [0.29, 0.717) is 19.2 Å². The Balaban J connectivity index is 1.84. The van der Waals surface area contributed by atoms with Crippen molar-refractivity contribution in [2.45, 2.75) is 45.3 Å². The van der Waals surface area contributed by atoms with Crippen LogP contribution in [0.3, 0.4) is 0 Å². The summed E-state index contributed by atoms with van der Waals surface area (Å²) in [4.78, 5) is 11.8. The zero-order valence-corrected chi connectivity index (χ0v) is 11.6. The van der Waals surface area contributed by atoms with E-state index in [1.807, 2.05) is 38.1 Å². The quantitative estimate of drug-likeness (QED) is 0.788. The number of nitrogens with one attached hydrogen (secondary N) is 2. The largest absolute Gasteiger partial charge is 0.494 e. The maximum atomic E-state index is 11.8. The van der Waals surface area contributed by atoms with E-state index in [0.717, 1.165) is 24.2 Å². The van der Waals surface area contributed by atoms with E-state index in [2.05, 4.69) is 10.6 Å². The minimum absolute atomic E-state index is 0.0800. The van der Waals surface area contributed by atoms with Gasteiger partial charge in [-0.3, -0.25) is 4.79 Å². The molecule has 0 spiro atoms. The van der Waals surface area contributed by atoms with Crippen molar-refractivity contribution in [2.24, 2.45) is 0 Å². The molecule has 2 N–H and O–H groups in total. The Bertz CT molecular complexity index is 430. The summed E-state index contributed by atoms with van der Waals surface area (Å²) in [5.41, 5.74) is 1.08. The van der Waals surface area contributed by atoms with Crippen LogP contribution in [0.4, 0.5) is 0 Å². The standard InChI is InChI=1S/C15H22N2O2/c1-3-19-14-7-5-4-6-12(14)10-16-11(2)15(18)17-13-8-9-13/h4-7,11,13,16H,3,8-10H2,1-2H3,(H,17,18). The summed E-state index contributed by atoms with van der Waals surface area (Å²) < 4.78 is 5.56. The smallest absolute Gasteiger partial charge is 0.237 e. The molecule has 2 rings (SSSR count). The van der Waals surface area contributed by atoms with Crippen molar-refractivity contribution >= 4 is 5.91 Å². The molecule has 0 radical (unpaired) electrons. The van der Waals surface area contributed by atoms with E-state index in [1.165, 1.54) is 0 Å². The van der Waals surface area contributed by atoms with Crippen LogP contribution in [0, 0.1) is 0 Å². The van der Waals surface area contributed by atoms with Crippen LogP contribution in [0.15, 0.2) is 24.3 Å². The first-order valence-electron chi connectivity index (χ1n) is 6.95. The van der Waals surface area contributed by atoms with Crippen LogP contribution in [0.5, 0.6) is 5.75 Å². The monoisotopic (exact) mass is 262 g/mol. The van der Waals surface area contributed by atoms with Crippen LogP contribution >= 0.6 is 0 Å². The van der Waals surface area contributed by atoms with Crippen molar-refractivity contribution in [3.05, 3.63) is 29.8 Å². The first-order valence-corrected chi connectivity index (χ1v) is 6.95. The number of hydrogen-bond donors (Lipinski definition) is 2. The molecule has 1 aromatic rings. The summed E-state index contributed by atoms with van der Waals surface area (Å²) in [6, 6.07) is 8.13. The van der Waals surface area contributed by atoms with Gasteiger partial charge < -0.3 is 15.4 Å². The van der Waals surface area contributed by atoms with Crippen molar-refractivity contribution in [3.63, 3.8) is 0 Å². The van der Waals surface area contributed by atoms with Crippen LogP contribution in [-0.2, 0) is 11.3 Å². The SMILES string of the molecule is CCOc1ccccc1CNC(C)C(=O)NC1CC1. The van der Waals surface area contributed by atoms with Gasteiger partial charge in [0, 0.05) is 18.2 Å². The molecule has 1 aromatic carbocycles. The lowest BCUT2D eigenvalue weighted by molar-refractivity contribution is -0.122. The fourth-order valence-corrected chi connectivity index (χ4v) is 1.86. The molecule has 1 unspecified atom stereocenters. The maximum absolute atomic E-state index is 11.8. The van der Waals surface area contributed by atoms with Crippen LogP contribution in [0.1, 0.15) is 32.3 Å². The van der Waals surface area contributed by atoms with E-state index in [4.69, 9.17) is 4.74 Å². The van der Waals surface area contributed by atoms with Gasteiger partial charge in [0.25, 0.3) is 0 Å². The van der Waals surface area contributed by atoms with Gasteiger partial charge in [-0.05, 0) is 32.8 Å². The van der Waals surface area contributed by atoms with Gasteiger partial charge in [-0.15, -0.1) is 0 Å². The van der Waals surface area contributed by atoms with Crippen LogP contribution in [0.2, 0.25) is 0 Å². The number of carbonyl (C=O) groups excluding carboxylic acids is 1. The van der Waals surface area contributed by atoms with E-state index in [9.17, 15) is 4.79 Å². The maximum Gasteiger partial charge on any atom is 0.237 e. The number of carbonyl (C=O) groups is 1. The van der Waals surface area contributed by atoms with Crippen molar-refractivity contribution < 1.29 is 9.53 Å². The lowest BCUT2D eigenvalue weighted by Gasteiger charge is -2.15. The molecule has 4 nitrogen and oxygen atoms in total. The van der Waals surface area contributed by atoms with Gasteiger partial charge >= 0.3 is 0 Å². The molecule has 0 saturated heterocycles. The first kappa shape index (κ1) is 13.9. The number of hydrogen-bond acceptors (Lipinski definition) is 3. The molecule has 1 aliphatic carbocycles. The molecule has 19 heavy (non-hydrogen) atoms. The number of rotatable bonds is 7. The van der Waals surface area contributed by atoms with Crippen LogP contribution < -0.4 is 15.4 Å². The third-order valence-electron chi connectivity index (χ3n) is 3.19. The van der Waals surface area contributed by atoms with E-state index < -0.39 is 0 Å². The highest BCUT2D eigenvalue weighted by Crippen LogP contribution is 2.19. The summed E-state index contributed by atoms with van der Waals surface area (Å²) in [5, 5.41) is 6.24. The van der Waals surface area contributed by atoms with E-state index in [-0.39, 0.29) is 11.9 Å². The van der Waals surface area contributed by atoms with Gasteiger partial charge in [-0.2, -0.15) is 0 Å². The molecule has 0 aliphatic heterocycles. The molecule has 1 saturated carbocycles. The summed E-state index contributed by atoms with van der Waals surface area (Å²) >= 11 is 0. The molecule has 0 heterocycles. The Morgan fingerprint density at radius 3 is 2.84 bits per heavy atom. The molecule has 0 bridgehead atoms. The Morgan fingerprint density at radius 1 is 1.42 bits per heavy atom. The molecule has 1 atom stereocenters. The summed E-state index contributed by atoms with van der Waals surface area (Å²) in [6.07, 6.45) is 2.23. The molecular formula is C15H22N2O2. The zero-order valence-electron chi connectivity index (χ0n) is 11.6. The summed E-state index contributed by atoms with van der Waals surface area (Å²) in [7, 11) is 0. The molecule has 1 fully saturated rings. The van der Waals surface area contributed by atoms with Gasteiger partial charge in [0.1, 0.15) is 5.75 Å². The second-order valence-corrected chi connectivity index (χ2v) is 4.93. The van der Waals surface area contributed by atoms with Crippen molar-refractivity contribution in [2.75, 3.05) is 6.61 Å². The number of ether oxygens (including phenoxy) is 1. The van der Waals surface area contributed by atoms with Crippen molar-refractivity contribution in [1.29, 1.82) is 0 Å². The Labute approximate surface area is 114 Å². The predicted molar refractivity (Wildman–Crippen MR) is 75.1 cm³/mol. The predicted octanol–water partition coefficient (Wildman–Crippen LogP) is 1.84. The topological polar surface area (TPSA) is 50.4 Å². The minimum Gasteiger partial charge on any atom is -0.494 e. The molecule has 1 aliphatic rings. The fourth-order valence-electron chi connectivity index (χ4n) is 1.86. The van der Waals surface area contributed by atoms with E-state index in [1.54, 1.807) is 0 Å². The molecule has 0 aromatic heterocycles. The third-order valence-corrected chi connectivity index (χ3v) is 3.19. The second kappa shape index (κ2) is 6.57. The number of para-hydroxylation sites is 1. The second-order valence-electron chi connectivity index (χ2n) is 4.93. The molecule has 4 heteroatoms. The fraction of sp³-hybridized carbons (Fsp3) is 0.533. The van der Waals surface area contributed by atoms with Gasteiger partial charge in [-0.25, -0.2) is 0 Å². The third kappa shape index (κ3) is 4.24. The number of amides is 1. The van der Waals surface area contributed by atoms with Crippen LogP contribution in [-0.4, -0.2) is 24.6 Å². The van der Waals surface area contributed by atoms with Gasteiger partial charge in [0.2, 0.25) is 5.91 Å². The lowest BCUT2D eigenvalue weighted by atomic mass is 10.2. The Morgan fingerprint density at radius 2 is 2.16 bits per heavy atom. The first-order chi connectivity index (χ1) is 9.20. The van der Waals surface area contributed by atoms with E-state index >= 15 is 0 Å². The van der Waals surface area contributed by atoms with Crippen LogP contribution in [0.25, 0.3) is 0 Å². The highest BCUT2D eigenvalue weighted by molar-refractivity contribution is 5.81. The average Bonchev–Trinajstić information content (AvgIpc) is 3.21. The van der Waals surface area contributed by atoms with Gasteiger partial charge in [0.15, 0.2) is 0 Å². The normalized spacial score (nSPS) is 15.9. The Kier molecular flexibility index (Phi) is 4.80. The molecular weight excluding hydrogens is 240 g/mol. The van der Waals surface area contributed by atoms with Crippen molar-refractivity contribution in [1.82, 2.24) is 10.6 Å². The summed E-state index contributed by atoms with van der Waals surface area (Å²) in [6.45, 7) is 5.14. The van der Waals surface area contributed by atoms with Gasteiger partial charge in [0.05, 0.1) is 12.6 Å². The highest BCUT2D eigenvalue weighted by atomic mass is 16.5. The Hall–Kier alpha value is -1.55. The zero-order chi connectivity index (χ0) is 13.7. The minimum atomic E-state index is -0.185. The average molecular weight is 262 g/mol. The van der Waals surface area contributed by atoms with Crippen molar-refractivity contribution in [3.8, 4) is 5.75 Å². The summed E-state index contributed by atoms with van der Waals surface area (Å²) in [5.74, 6) is 0.962. The molecule has 1 amide bonds. The highest BCUT2D eigenvalue weighted by Gasteiger charge is 2.25.